The number of fused-ring (bicyclic) bond motifs is 5. The van der Waals surface area contributed by atoms with Crippen LogP contribution in [0.5, 0.6) is 11.5 Å². The summed E-state index contributed by atoms with van der Waals surface area (Å²) >= 11 is 13.8. The first-order valence-electron chi connectivity index (χ1n) is 26.3. The molecule has 9 atom stereocenters. The number of nitrogens with zero attached hydrogens (tertiary/aromatic N) is 2. The molecular weight excluding hydrogens is 968 g/mol. The number of hydrogen-bond donors (Lipinski definition) is 2. The minimum Gasteiger partial charge on any atom is -0.486 e. The fraction of sp³-hybridized carbons (Fsp3) is 0.525. The van der Waals surface area contributed by atoms with Gasteiger partial charge in [0.15, 0.2) is 11.5 Å². The van der Waals surface area contributed by atoms with Crippen LogP contribution in [0.2, 0.25) is 10.0 Å². The van der Waals surface area contributed by atoms with Crippen molar-refractivity contribution >= 4 is 52.1 Å². The number of aromatic carboxylic acids is 2. The van der Waals surface area contributed by atoms with Gasteiger partial charge >= 0.3 is 11.9 Å². The number of hydrogen-bond acceptors (Lipinski definition) is 8. The molecule has 0 heterocycles. The van der Waals surface area contributed by atoms with Crippen LogP contribution in [0.25, 0.3) is 5.57 Å². The fourth-order valence-electron chi connectivity index (χ4n) is 14.5. The van der Waals surface area contributed by atoms with Crippen LogP contribution in [0.3, 0.4) is 0 Å². The molecule has 0 aliphatic heterocycles. The second-order valence-electron chi connectivity index (χ2n) is 22.7. The Morgan fingerprint density at radius 3 is 1.79 bits per heavy atom. The van der Waals surface area contributed by atoms with Gasteiger partial charge in [0.1, 0.15) is 24.3 Å². The zero-order chi connectivity index (χ0) is 52.4. The summed E-state index contributed by atoms with van der Waals surface area (Å²) in [5, 5.41) is 44.5. The van der Waals surface area contributed by atoms with E-state index >= 15 is 0 Å². The number of carboxylic acid groups (broad SMARTS) is 2. The standard InChI is InChI=1S/C59H70Cl2N2O10/c1-35(2)12-10-13-36(3)47-22-23-48-44-21-20-42-28-37(24-26-58(42,4)49(44)25-27-59(47,48)5)14-11-17-43(40-29-45(56(64)65)54(50(60)31-40)72-33-38-15-6-8-18-52(38)62(68)69)41-30-46(57(66)67)55(51(61)32-41)73-34-39-16-7-9-19-53(39)63(70)71/h6-9,15-19,29-32,35-37,42,44,47-49H,10-14,20-28,33-34H2,1-5H3,(H,64,65)(H,66,67)/t36?,37-,42?,44-,47+,48-,49-,58-,59+/m0/s1. The maximum Gasteiger partial charge on any atom is 0.339 e. The molecule has 0 radical (unpaired) electrons. The first kappa shape index (κ1) is 53.8. The predicted molar refractivity (Wildman–Crippen MR) is 285 cm³/mol. The van der Waals surface area contributed by atoms with Gasteiger partial charge in [0, 0.05) is 12.1 Å². The first-order chi connectivity index (χ1) is 34.8. The van der Waals surface area contributed by atoms with Gasteiger partial charge in [0.2, 0.25) is 0 Å². The molecule has 4 aromatic rings. The summed E-state index contributed by atoms with van der Waals surface area (Å²) in [6.45, 7) is 11.8. The molecule has 0 spiro atoms. The Balaban J connectivity index is 1.05. The van der Waals surface area contributed by atoms with Crippen molar-refractivity contribution in [2.75, 3.05) is 0 Å². The van der Waals surface area contributed by atoms with Crippen LogP contribution >= 0.6 is 23.2 Å². The van der Waals surface area contributed by atoms with Gasteiger partial charge in [0.05, 0.1) is 31.0 Å². The lowest BCUT2D eigenvalue weighted by atomic mass is 9.44. The number of carboxylic acids is 2. The summed E-state index contributed by atoms with van der Waals surface area (Å²) in [6.07, 6.45) is 19.0. The van der Waals surface area contributed by atoms with Crippen molar-refractivity contribution in [2.45, 2.75) is 138 Å². The Bertz CT molecular complexity index is 2630. The van der Waals surface area contributed by atoms with Crippen LogP contribution in [0.15, 0.2) is 78.9 Å². The zero-order valence-corrected chi connectivity index (χ0v) is 44.3. The molecule has 390 valence electrons. The monoisotopic (exact) mass is 1040 g/mol. The molecule has 2 unspecified atom stereocenters. The minimum atomic E-state index is -1.36. The van der Waals surface area contributed by atoms with E-state index in [1.54, 1.807) is 24.3 Å². The molecule has 8 rings (SSSR count). The largest absolute Gasteiger partial charge is 0.486 e. The van der Waals surface area contributed by atoms with E-state index in [0.717, 1.165) is 54.8 Å². The van der Waals surface area contributed by atoms with E-state index in [1.807, 2.05) is 6.08 Å². The van der Waals surface area contributed by atoms with Crippen molar-refractivity contribution in [2.24, 2.45) is 58.2 Å². The van der Waals surface area contributed by atoms with Crippen molar-refractivity contribution in [3.8, 4) is 11.5 Å². The number of rotatable bonds is 20. The van der Waals surface area contributed by atoms with Gasteiger partial charge in [-0.1, -0.05) is 107 Å². The van der Waals surface area contributed by atoms with E-state index < -0.39 is 21.8 Å². The van der Waals surface area contributed by atoms with Crippen molar-refractivity contribution in [1.29, 1.82) is 0 Å². The number of para-hydroxylation sites is 2. The van der Waals surface area contributed by atoms with Gasteiger partial charge in [-0.3, -0.25) is 20.2 Å². The Kier molecular flexibility index (Phi) is 16.6. The number of carbonyl (C=O) groups is 2. The molecule has 4 aliphatic carbocycles. The van der Waals surface area contributed by atoms with Gasteiger partial charge in [-0.25, -0.2) is 9.59 Å². The summed E-state index contributed by atoms with van der Waals surface area (Å²) in [4.78, 5) is 48.3. The molecular formula is C59H70Cl2N2O10. The van der Waals surface area contributed by atoms with Gasteiger partial charge in [-0.05, 0) is 182 Å². The third-order valence-electron chi connectivity index (χ3n) is 18.2. The Morgan fingerprint density at radius 1 is 0.726 bits per heavy atom. The van der Waals surface area contributed by atoms with Crippen molar-refractivity contribution < 1.29 is 39.1 Å². The Morgan fingerprint density at radius 2 is 1.26 bits per heavy atom. The highest BCUT2D eigenvalue weighted by atomic mass is 35.5. The van der Waals surface area contributed by atoms with Crippen LogP contribution < -0.4 is 9.47 Å². The summed E-state index contributed by atoms with van der Waals surface area (Å²) in [6, 6.07) is 17.9. The number of ether oxygens (including phenoxy) is 2. The topological polar surface area (TPSA) is 179 Å². The average molecular weight is 1040 g/mol. The number of benzene rings is 4. The minimum absolute atomic E-state index is 0.0668. The lowest BCUT2D eigenvalue weighted by Gasteiger charge is -2.61. The lowest BCUT2D eigenvalue weighted by Crippen LogP contribution is -2.53. The van der Waals surface area contributed by atoms with Crippen LogP contribution in [0.4, 0.5) is 11.4 Å². The number of allylic oxidation sites excluding steroid dienone is 1. The van der Waals surface area contributed by atoms with E-state index in [0.29, 0.717) is 45.8 Å². The average Bonchev–Trinajstić information content (AvgIpc) is 3.71. The number of halogens is 2. The van der Waals surface area contributed by atoms with Crippen molar-refractivity contribution in [3.05, 3.63) is 143 Å². The maximum atomic E-state index is 13.0. The molecule has 12 nitrogen and oxygen atoms in total. The summed E-state index contributed by atoms with van der Waals surface area (Å²) in [5.74, 6) is 2.82. The van der Waals surface area contributed by atoms with E-state index in [2.05, 4.69) is 34.6 Å². The number of nitro groups is 2. The molecule has 4 saturated carbocycles. The molecule has 0 bridgehead atoms. The first-order valence-corrected chi connectivity index (χ1v) is 27.1. The second kappa shape index (κ2) is 22.6. The molecule has 0 saturated heterocycles. The molecule has 4 aliphatic rings. The molecule has 2 N–H and O–H groups in total. The van der Waals surface area contributed by atoms with Gasteiger partial charge in [0.25, 0.3) is 11.4 Å². The maximum absolute atomic E-state index is 13.0. The van der Waals surface area contributed by atoms with Gasteiger partial charge in [-0.15, -0.1) is 0 Å². The van der Waals surface area contributed by atoms with Crippen molar-refractivity contribution in [1.82, 2.24) is 0 Å². The van der Waals surface area contributed by atoms with Crippen LogP contribution in [-0.2, 0) is 13.2 Å². The SMILES string of the molecule is CC(C)CCCC(C)[C@H]1CC[C@H]2[C@@H]3CCC4C[C@@H](CCC=C(c5cc(Cl)c(OCc6ccccc6[N+](=O)[O-])c(C(=O)O)c5)c5cc(Cl)c(OCc6ccccc6[N+](=O)[O-])c(C(=O)O)c5)CC[C@]4(C)[C@H]3CC[C@]12C. The highest BCUT2D eigenvalue weighted by molar-refractivity contribution is 6.33. The van der Waals surface area contributed by atoms with E-state index in [9.17, 15) is 40.0 Å². The molecule has 0 amide bonds. The molecule has 4 fully saturated rings. The highest BCUT2D eigenvalue weighted by Crippen LogP contribution is 2.69. The van der Waals surface area contributed by atoms with Crippen LogP contribution in [0, 0.1) is 78.4 Å². The summed E-state index contributed by atoms with van der Waals surface area (Å²) in [5.41, 5.74) is 1.45. The Hall–Kier alpha value is -5.46. The molecule has 73 heavy (non-hydrogen) atoms. The van der Waals surface area contributed by atoms with E-state index in [1.165, 1.54) is 113 Å². The zero-order valence-electron chi connectivity index (χ0n) is 42.7. The quantitative estimate of drug-likeness (QED) is 0.0639. The Labute approximate surface area is 439 Å². The van der Waals surface area contributed by atoms with E-state index in [-0.39, 0.29) is 68.4 Å². The lowest BCUT2D eigenvalue weighted by molar-refractivity contribution is -0.386. The smallest absolute Gasteiger partial charge is 0.339 e. The number of nitro benzene ring substituents is 2. The third kappa shape index (κ3) is 11.3. The fourth-order valence-corrected chi connectivity index (χ4v) is 15.1. The normalized spacial score (nSPS) is 25.7. The van der Waals surface area contributed by atoms with Gasteiger partial charge < -0.3 is 19.7 Å². The molecule has 14 heteroatoms. The second-order valence-corrected chi connectivity index (χ2v) is 23.5. The molecule has 0 aromatic heterocycles. The van der Waals surface area contributed by atoms with Crippen LogP contribution in [-0.4, -0.2) is 32.0 Å². The third-order valence-corrected chi connectivity index (χ3v) is 18.8. The molecule has 4 aromatic carbocycles. The summed E-state index contributed by atoms with van der Waals surface area (Å²) < 4.78 is 11.9. The van der Waals surface area contributed by atoms with Crippen LogP contribution in [0.1, 0.15) is 167 Å². The van der Waals surface area contributed by atoms with Gasteiger partial charge in [-0.2, -0.15) is 0 Å². The predicted octanol–water partition coefficient (Wildman–Crippen LogP) is 16.3. The highest BCUT2D eigenvalue weighted by Gasteiger charge is 2.60. The van der Waals surface area contributed by atoms with E-state index in [4.69, 9.17) is 32.7 Å². The summed E-state index contributed by atoms with van der Waals surface area (Å²) in [7, 11) is 0. The van der Waals surface area contributed by atoms with Crippen molar-refractivity contribution in [3.63, 3.8) is 0 Å².